The Morgan fingerprint density at radius 3 is 2.41 bits per heavy atom. The lowest BCUT2D eigenvalue weighted by molar-refractivity contribution is 0.413. The van der Waals surface area contributed by atoms with Crippen LogP contribution in [-0.4, -0.2) is 6.04 Å². The lowest BCUT2D eigenvalue weighted by atomic mass is 10.0. The summed E-state index contributed by atoms with van der Waals surface area (Å²) in [6.45, 7) is 2.27. The first-order chi connectivity index (χ1) is 8.27. The van der Waals surface area contributed by atoms with Gasteiger partial charge in [0, 0.05) is 16.6 Å². The van der Waals surface area contributed by atoms with Crippen LogP contribution in [0, 0.1) is 0 Å². The fourth-order valence-electron chi connectivity index (χ4n) is 2.72. The van der Waals surface area contributed by atoms with Crippen LogP contribution in [0.1, 0.15) is 57.1 Å². The van der Waals surface area contributed by atoms with Gasteiger partial charge in [0.1, 0.15) is 0 Å². The zero-order valence-corrected chi connectivity index (χ0v) is 12.2. The van der Waals surface area contributed by atoms with Gasteiger partial charge in [-0.05, 0) is 31.4 Å². The zero-order chi connectivity index (χ0) is 12.1. The summed E-state index contributed by atoms with van der Waals surface area (Å²) in [5, 5.41) is 3.79. The normalized spacial score (nSPS) is 19.9. The van der Waals surface area contributed by atoms with Crippen molar-refractivity contribution >= 4 is 15.9 Å². The van der Waals surface area contributed by atoms with Crippen molar-refractivity contribution in [1.29, 1.82) is 0 Å². The molecule has 1 fully saturated rings. The summed E-state index contributed by atoms with van der Waals surface area (Å²) in [4.78, 5) is 0. The average Bonchev–Trinajstić information content (AvgIpc) is 2.58. The van der Waals surface area contributed by atoms with Gasteiger partial charge in [-0.25, -0.2) is 0 Å². The third-order valence-electron chi connectivity index (χ3n) is 3.71. The number of nitrogens with one attached hydrogen (secondary N) is 1. The quantitative estimate of drug-likeness (QED) is 0.788. The summed E-state index contributed by atoms with van der Waals surface area (Å²) in [6, 6.07) is 9.67. The molecule has 1 aliphatic rings. The highest BCUT2D eigenvalue weighted by atomic mass is 79.9. The van der Waals surface area contributed by atoms with Gasteiger partial charge in [-0.2, -0.15) is 0 Å². The van der Waals surface area contributed by atoms with E-state index in [0.717, 1.165) is 0 Å². The molecule has 0 aliphatic heterocycles. The molecule has 1 aromatic carbocycles. The molecule has 0 amide bonds. The topological polar surface area (TPSA) is 12.0 Å². The summed E-state index contributed by atoms with van der Waals surface area (Å²) in [5.74, 6) is 0. The number of rotatable bonds is 3. The van der Waals surface area contributed by atoms with Crippen molar-refractivity contribution in [3.8, 4) is 0 Å². The van der Waals surface area contributed by atoms with Crippen LogP contribution in [0.15, 0.2) is 28.7 Å². The molecule has 2 rings (SSSR count). The van der Waals surface area contributed by atoms with E-state index in [2.05, 4.69) is 52.4 Å². The fraction of sp³-hybridized carbons (Fsp3) is 0.600. The SMILES string of the molecule is CC(NC1CCCCCC1)c1ccccc1Br. The third-order valence-corrected chi connectivity index (χ3v) is 4.43. The molecule has 0 spiro atoms. The molecule has 94 valence electrons. The van der Waals surface area contributed by atoms with Crippen LogP contribution in [0.3, 0.4) is 0 Å². The smallest absolute Gasteiger partial charge is 0.0305 e. The summed E-state index contributed by atoms with van der Waals surface area (Å²) < 4.78 is 1.22. The molecule has 0 saturated heterocycles. The number of halogens is 1. The third kappa shape index (κ3) is 3.82. The molecule has 1 aromatic rings. The first kappa shape index (κ1) is 13.1. The standard InChI is InChI=1S/C15H22BrN/c1-12(14-10-6-7-11-15(14)16)17-13-8-4-2-3-5-9-13/h6-7,10-13,17H,2-5,8-9H2,1H3. The van der Waals surface area contributed by atoms with Gasteiger partial charge in [-0.3, -0.25) is 0 Å². The number of hydrogen-bond donors (Lipinski definition) is 1. The summed E-state index contributed by atoms with van der Waals surface area (Å²) in [7, 11) is 0. The Bertz CT molecular complexity index is 343. The van der Waals surface area contributed by atoms with Crippen molar-refractivity contribution in [3.63, 3.8) is 0 Å². The minimum Gasteiger partial charge on any atom is -0.307 e. The van der Waals surface area contributed by atoms with Crippen molar-refractivity contribution in [2.24, 2.45) is 0 Å². The molecular formula is C15H22BrN. The predicted molar refractivity (Wildman–Crippen MR) is 77.2 cm³/mol. The predicted octanol–water partition coefficient (Wildman–Crippen LogP) is 4.82. The largest absolute Gasteiger partial charge is 0.307 e. The maximum Gasteiger partial charge on any atom is 0.0305 e. The molecule has 1 unspecified atom stereocenters. The van der Waals surface area contributed by atoms with Crippen molar-refractivity contribution in [1.82, 2.24) is 5.32 Å². The Morgan fingerprint density at radius 1 is 1.12 bits per heavy atom. The van der Waals surface area contributed by atoms with Crippen LogP contribution in [0.4, 0.5) is 0 Å². The van der Waals surface area contributed by atoms with Gasteiger partial charge >= 0.3 is 0 Å². The van der Waals surface area contributed by atoms with E-state index < -0.39 is 0 Å². The van der Waals surface area contributed by atoms with Gasteiger partial charge < -0.3 is 5.32 Å². The first-order valence-electron chi connectivity index (χ1n) is 6.78. The molecule has 1 saturated carbocycles. The Balaban J connectivity index is 1.96. The summed E-state index contributed by atoms with van der Waals surface area (Å²) in [5.41, 5.74) is 1.37. The highest BCUT2D eigenvalue weighted by molar-refractivity contribution is 9.10. The Morgan fingerprint density at radius 2 is 1.76 bits per heavy atom. The zero-order valence-electron chi connectivity index (χ0n) is 10.6. The number of hydrogen-bond acceptors (Lipinski definition) is 1. The Kier molecular flexibility index (Phi) is 5.05. The molecule has 0 heterocycles. The van der Waals surface area contributed by atoms with E-state index >= 15 is 0 Å². The lowest BCUT2D eigenvalue weighted by Crippen LogP contribution is -2.31. The molecule has 1 aliphatic carbocycles. The highest BCUT2D eigenvalue weighted by Crippen LogP contribution is 2.25. The maximum absolute atomic E-state index is 3.79. The monoisotopic (exact) mass is 295 g/mol. The second-order valence-electron chi connectivity index (χ2n) is 5.10. The van der Waals surface area contributed by atoms with E-state index in [1.165, 1.54) is 48.6 Å². The van der Waals surface area contributed by atoms with Gasteiger partial charge in [0.15, 0.2) is 0 Å². The van der Waals surface area contributed by atoms with E-state index in [0.29, 0.717) is 12.1 Å². The summed E-state index contributed by atoms with van der Waals surface area (Å²) in [6.07, 6.45) is 8.30. The first-order valence-corrected chi connectivity index (χ1v) is 7.57. The molecule has 1 atom stereocenters. The van der Waals surface area contributed by atoms with Gasteiger partial charge in [-0.1, -0.05) is 59.8 Å². The van der Waals surface area contributed by atoms with Crippen LogP contribution in [-0.2, 0) is 0 Å². The average molecular weight is 296 g/mol. The lowest BCUT2D eigenvalue weighted by Gasteiger charge is -2.23. The van der Waals surface area contributed by atoms with Crippen LogP contribution in [0.25, 0.3) is 0 Å². The molecule has 1 N–H and O–H groups in total. The van der Waals surface area contributed by atoms with Crippen LogP contribution in [0.5, 0.6) is 0 Å². The molecule has 0 bridgehead atoms. The van der Waals surface area contributed by atoms with Crippen LogP contribution in [0.2, 0.25) is 0 Å². The summed E-state index contributed by atoms with van der Waals surface area (Å²) >= 11 is 3.64. The van der Waals surface area contributed by atoms with Crippen LogP contribution >= 0.6 is 15.9 Å². The van der Waals surface area contributed by atoms with E-state index in [-0.39, 0.29) is 0 Å². The van der Waals surface area contributed by atoms with E-state index in [1.54, 1.807) is 0 Å². The van der Waals surface area contributed by atoms with Crippen molar-refractivity contribution in [2.75, 3.05) is 0 Å². The minimum absolute atomic E-state index is 0.439. The molecule has 2 heteroatoms. The van der Waals surface area contributed by atoms with E-state index in [4.69, 9.17) is 0 Å². The molecule has 0 aromatic heterocycles. The maximum atomic E-state index is 3.79. The Labute approximate surface area is 113 Å². The molecule has 1 nitrogen and oxygen atoms in total. The van der Waals surface area contributed by atoms with Crippen molar-refractivity contribution in [2.45, 2.75) is 57.5 Å². The van der Waals surface area contributed by atoms with Crippen molar-refractivity contribution in [3.05, 3.63) is 34.3 Å². The molecule has 0 radical (unpaired) electrons. The molecular weight excluding hydrogens is 274 g/mol. The van der Waals surface area contributed by atoms with Gasteiger partial charge in [0.25, 0.3) is 0 Å². The fourth-order valence-corrected chi connectivity index (χ4v) is 3.34. The van der Waals surface area contributed by atoms with Gasteiger partial charge in [-0.15, -0.1) is 0 Å². The Hall–Kier alpha value is -0.340. The van der Waals surface area contributed by atoms with Crippen molar-refractivity contribution < 1.29 is 0 Å². The van der Waals surface area contributed by atoms with Crippen LogP contribution < -0.4 is 5.32 Å². The second kappa shape index (κ2) is 6.55. The van der Waals surface area contributed by atoms with Gasteiger partial charge in [0.2, 0.25) is 0 Å². The number of benzene rings is 1. The van der Waals surface area contributed by atoms with E-state index in [9.17, 15) is 0 Å². The second-order valence-corrected chi connectivity index (χ2v) is 5.95. The highest BCUT2D eigenvalue weighted by Gasteiger charge is 2.16. The minimum atomic E-state index is 0.439. The van der Waals surface area contributed by atoms with E-state index in [1.807, 2.05) is 0 Å². The van der Waals surface area contributed by atoms with Gasteiger partial charge in [0.05, 0.1) is 0 Å². The molecule has 17 heavy (non-hydrogen) atoms.